The summed E-state index contributed by atoms with van der Waals surface area (Å²) in [6, 6.07) is 11.0. The minimum atomic E-state index is 0.328. The average Bonchev–Trinajstić information content (AvgIpc) is 2.78. The van der Waals surface area contributed by atoms with Crippen LogP contribution in [0.2, 0.25) is 0 Å². The molecule has 0 aromatic heterocycles. The number of methoxy groups -OCH3 is 1. The van der Waals surface area contributed by atoms with Crippen molar-refractivity contribution in [3.8, 4) is 0 Å². The average molecular weight is 247 g/mol. The van der Waals surface area contributed by atoms with Crippen LogP contribution in [0.5, 0.6) is 0 Å². The molecule has 2 heteroatoms. The van der Waals surface area contributed by atoms with Crippen LogP contribution in [-0.2, 0) is 10.2 Å². The maximum Gasteiger partial charge on any atom is 0.0587 e. The van der Waals surface area contributed by atoms with Crippen molar-refractivity contribution in [3.05, 3.63) is 35.9 Å². The molecule has 0 amide bonds. The SMILES string of the molecule is COCCNCC1(c2ccccc2)CCCC1C. The first-order chi connectivity index (χ1) is 8.79. The number of hydrogen-bond donors (Lipinski definition) is 1. The second-order valence-electron chi connectivity index (χ2n) is 5.49. The summed E-state index contributed by atoms with van der Waals surface area (Å²) in [4.78, 5) is 0. The highest BCUT2D eigenvalue weighted by atomic mass is 16.5. The van der Waals surface area contributed by atoms with Gasteiger partial charge in [0.25, 0.3) is 0 Å². The van der Waals surface area contributed by atoms with E-state index in [2.05, 4.69) is 42.6 Å². The van der Waals surface area contributed by atoms with Gasteiger partial charge in [0.05, 0.1) is 6.61 Å². The van der Waals surface area contributed by atoms with Crippen molar-refractivity contribution in [3.63, 3.8) is 0 Å². The summed E-state index contributed by atoms with van der Waals surface area (Å²) in [5.74, 6) is 0.759. The van der Waals surface area contributed by atoms with Gasteiger partial charge in [-0.05, 0) is 24.3 Å². The zero-order chi connectivity index (χ0) is 12.8. The van der Waals surface area contributed by atoms with E-state index in [1.807, 2.05) is 0 Å². The lowest BCUT2D eigenvalue weighted by atomic mass is 9.73. The molecule has 1 aromatic rings. The molecule has 1 aromatic carbocycles. The normalized spacial score (nSPS) is 27.6. The molecule has 1 fully saturated rings. The summed E-state index contributed by atoms with van der Waals surface area (Å²) in [5, 5.41) is 3.57. The third-order valence-electron chi connectivity index (χ3n) is 4.48. The molecule has 0 saturated heterocycles. The molecule has 1 aliphatic rings. The highest BCUT2D eigenvalue weighted by molar-refractivity contribution is 5.28. The van der Waals surface area contributed by atoms with Gasteiger partial charge in [0.15, 0.2) is 0 Å². The molecule has 1 saturated carbocycles. The third-order valence-corrected chi connectivity index (χ3v) is 4.48. The molecule has 0 aliphatic heterocycles. The highest BCUT2D eigenvalue weighted by Crippen LogP contribution is 2.45. The molecule has 0 spiro atoms. The highest BCUT2D eigenvalue weighted by Gasteiger charge is 2.40. The molecule has 2 unspecified atom stereocenters. The van der Waals surface area contributed by atoms with Crippen LogP contribution in [-0.4, -0.2) is 26.8 Å². The van der Waals surface area contributed by atoms with Crippen LogP contribution in [0, 0.1) is 5.92 Å². The summed E-state index contributed by atoms with van der Waals surface area (Å²) in [5.41, 5.74) is 1.83. The number of rotatable bonds is 6. The number of ether oxygens (including phenoxy) is 1. The molecule has 0 heterocycles. The molecule has 0 radical (unpaired) electrons. The fraction of sp³-hybridized carbons (Fsp3) is 0.625. The molecule has 1 aliphatic carbocycles. The Morgan fingerprint density at radius 1 is 1.33 bits per heavy atom. The maximum absolute atomic E-state index is 5.11. The Labute approximate surface area is 111 Å². The fourth-order valence-corrected chi connectivity index (χ4v) is 3.30. The van der Waals surface area contributed by atoms with Crippen LogP contribution >= 0.6 is 0 Å². The summed E-state index contributed by atoms with van der Waals surface area (Å²) in [6.45, 7) is 5.20. The van der Waals surface area contributed by atoms with E-state index in [0.29, 0.717) is 5.41 Å². The minimum absolute atomic E-state index is 0.328. The van der Waals surface area contributed by atoms with Gasteiger partial charge >= 0.3 is 0 Å². The third kappa shape index (κ3) is 2.76. The van der Waals surface area contributed by atoms with Crippen LogP contribution in [0.15, 0.2) is 30.3 Å². The van der Waals surface area contributed by atoms with Gasteiger partial charge < -0.3 is 10.1 Å². The Kier molecular flexibility index (Phi) is 4.79. The smallest absolute Gasteiger partial charge is 0.0587 e. The van der Waals surface area contributed by atoms with E-state index < -0.39 is 0 Å². The molecule has 100 valence electrons. The van der Waals surface area contributed by atoms with Crippen molar-refractivity contribution < 1.29 is 4.74 Å². The summed E-state index contributed by atoms with van der Waals surface area (Å²) in [7, 11) is 1.76. The van der Waals surface area contributed by atoms with Crippen LogP contribution in [0.3, 0.4) is 0 Å². The van der Waals surface area contributed by atoms with Crippen molar-refractivity contribution in [1.29, 1.82) is 0 Å². The Bertz CT molecular complexity index is 351. The molecule has 2 rings (SSSR count). The predicted octanol–water partition coefficient (Wildman–Crippen LogP) is 2.98. The van der Waals surface area contributed by atoms with E-state index in [0.717, 1.165) is 25.6 Å². The van der Waals surface area contributed by atoms with Crippen LogP contribution < -0.4 is 5.32 Å². The monoisotopic (exact) mass is 247 g/mol. The van der Waals surface area contributed by atoms with Crippen molar-refractivity contribution in [2.75, 3.05) is 26.8 Å². The van der Waals surface area contributed by atoms with E-state index in [1.54, 1.807) is 7.11 Å². The van der Waals surface area contributed by atoms with Crippen LogP contribution in [0.25, 0.3) is 0 Å². The lowest BCUT2D eigenvalue weighted by Gasteiger charge is -2.35. The lowest BCUT2D eigenvalue weighted by Crippen LogP contribution is -2.41. The quantitative estimate of drug-likeness (QED) is 0.780. The zero-order valence-corrected chi connectivity index (χ0v) is 11.6. The van der Waals surface area contributed by atoms with E-state index in [9.17, 15) is 0 Å². The van der Waals surface area contributed by atoms with Crippen molar-refractivity contribution in [1.82, 2.24) is 5.32 Å². The van der Waals surface area contributed by atoms with Gasteiger partial charge in [-0.25, -0.2) is 0 Å². The Hall–Kier alpha value is -0.860. The van der Waals surface area contributed by atoms with E-state index in [4.69, 9.17) is 4.74 Å². The van der Waals surface area contributed by atoms with E-state index >= 15 is 0 Å². The first-order valence-corrected chi connectivity index (χ1v) is 7.05. The Balaban J connectivity index is 2.09. The lowest BCUT2D eigenvalue weighted by molar-refractivity contribution is 0.194. The van der Waals surface area contributed by atoms with Gasteiger partial charge in [-0.3, -0.25) is 0 Å². The van der Waals surface area contributed by atoms with Gasteiger partial charge in [-0.1, -0.05) is 43.7 Å². The fourth-order valence-electron chi connectivity index (χ4n) is 3.30. The first-order valence-electron chi connectivity index (χ1n) is 7.05. The molecular weight excluding hydrogens is 222 g/mol. The minimum Gasteiger partial charge on any atom is -0.383 e. The maximum atomic E-state index is 5.11. The molecule has 18 heavy (non-hydrogen) atoms. The molecule has 1 N–H and O–H groups in total. The Morgan fingerprint density at radius 2 is 2.11 bits per heavy atom. The Morgan fingerprint density at radius 3 is 2.72 bits per heavy atom. The van der Waals surface area contributed by atoms with Crippen molar-refractivity contribution in [2.24, 2.45) is 5.92 Å². The van der Waals surface area contributed by atoms with Crippen molar-refractivity contribution >= 4 is 0 Å². The van der Waals surface area contributed by atoms with E-state index in [1.165, 1.54) is 24.8 Å². The molecule has 2 atom stereocenters. The topological polar surface area (TPSA) is 21.3 Å². The number of hydrogen-bond acceptors (Lipinski definition) is 2. The van der Waals surface area contributed by atoms with Crippen LogP contribution in [0.1, 0.15) is 31.7 Å². The summed E-state index contributed by atoms with van der Waals surface area (Å²) >= 11 is 0. The number of benzene rings is 1. The second-order valence-corrected chi connectivity index (χ2v) is 5.49. The van der Waals surface area contributed by atoms with Crippen LogP contribution in [0.4, 0.5) is 0 Å². The second kappa shape index (κ2) is 6.35. The van der Waals surface area contributed by atoms with E-state index in [-0.39, 0.29) is 0 Å². The molecule has 0 bridgehead atoms. The van der Waals surface area contributed by atoms with Gasteiger partial charge in [0.2, 0.25) is 0 Å². The summed E-state index contributed by atoms with van der Waals surface area (Å²) < 4.78 is 5.11. The zero-order valence-electron chi connectivity index (χ0n) is 11.6. The first kappa shape index (κ1) is 13.6. The number of nitrogens with one attached hydrogen (secondary N) is 1. The van der Waals surface area contributed by atoms with Gasteiger partial charge in [-0.2, -0.15) is 0 Å². The largest absolute Gasteiger partial charge is 0.383 e. The van der Waals surface area contributed by atoms with Gasteiger partial charge in [-0.15, -0.1) is 0 Å². The standard InChI is InChI=1S/C16H25NO/c1-14-7-6-10-16(14,13-17-11-12-18-2)15-8-4-3-5-9-15/h3-5,8-9,14,17H,6-7,10-13H2,1-2H3. The van der Waals surface area contributed by atoms with Gasteiger partial charge in [0, 0.05) is 25.6 Å². The van der Waals surface area contributed by atoms with Gasteiger partial charge in [0.1, 0.15) is 0 Å². The molecular formula is C16H25NO. The molecule has 2 nitrogen and oxygen atoms in total. The van der Waals surface area contributed by atoms with Crippen molar-refractivity contribution in [2.45, 2.75) is 31.6 Å². The summed E-state index contributed by atoms with van der Waals surface area (Å²) in [6.07, 6.45) is 4.00. The predicted molar refractivity (Wildman–Crippen MR) is 75.9 cm³/mol.